The quantitative estimate of drug-likeness (QED) is 0.537. The van der Waals surface area contributed by atoms with E-state index in [0.717, 1.165) is 32.4 Å². The van der Waals surface area contributed by atoms with Crippen molar-refractivity contribution in [1.82, 2.24) is 15.0 Å². The molecule has 0 aromatic carbocycles. The van der Waals surface area contributed by atoms with Crippen LogP contribution in [0, 0.1) is 5.92 Å². The first kappa shape index (κ1) is 17.4. The molecule has 1 atom stereocenters. The largest absolute Gasteiger partial charge is 0.463 e. The highest BCUT2D eigenvalue weighted by molar-refractivity contribution is 5.35. The Kier molecular flexibility index (Phi) is 8.42. The summed E-state index contributed by atoms with van der Waals surface area (Å²) in [6, 6.07) is 0.342. The molecular formula is C14H27N5O2. The summed E-state index contributed by atoms with van der Waals surface area (Å²) in [6.45, 7) is 8.36. The van der Waals surface area contributed by atoms with E-state index in [1.54, 1.807) is 0 Å². The number of hydrogen-bond acceptors (Lipinski definition) is 7. The van der Waals surface area contributed by atoms with Gasteiger partial charge in [-0.15, -0.1) is 0 Å². The Morgan fingerprint density at radius 1 is 1.14 bits per heavy atom. The maximum atomic E-state index is 8.99. The van der Waals surface area contributed by atoms with Crippen LogP contribution in [-0.4, -0.2) is 46.4 Å². The zero-order chi connectivity index (χ0) is 15.5. The SMILES string of the molecule is CCCOc1nc(NCC)nc(NCCCC(C)CO)n1. The Labute approximate surface area is 126 Å². The van der Waals surface area contributed by atoms with Gasteiger partial charge in [0.05, 0.1) is 6.61 Å². The lowest BCUT2D eigenvalue weighted by atomic mass is 10.1. The van der Waals surface area contributed by atoms with Gasteiger partial charge in [-0.3, -0.25) is 0 Å². The molecule has 7 nitrogen and oxygen atoms in total. The lowest BCUT2D eigenvalue weighted by Gasteiger charge is -2.11. The van der Waals surface area contributed by atoms with Gasteiger partial charge in [0.2, 0.25) is 11.9 Å². The molecule has 1 unspecified atom stereocenters. The number of ether oxygens (including phenoxy) is 1. The van der Waals surface area contributed by atoms with E-state index in [9.17, 15) is 0 Å². The minimum Gasteiger partial charge on any atom is -0.463 e. The smallest absolute Gasteiger partial charge is 0.323 e. The van der Waals surface area contributed by atoms with Crippen LogP contribution in [0.15, 0.2) is 0 Å². The number of anilines is 2. The molecular weight excluding hydrogens is 270 g/mol. The Hall–Kier alpha value is -1.63. The number of aromatic nitrogens is 3. The van der Waals surface area contributed by atoms with Crippen molar-refractivity contribution in [3.05, 3.63) is 0 Å². The molecule has 0 saturated heterocycles. The normalized spacial score (nSPS) is 12.0. The van der Waals surface area contributed by atoms with E-state index in [1.165, 1.54) is 0 Å². The number of aliphatic hydroxyl groups excluding tert-OH is 1. The molecule has 0 spiro atoms. The van der Waals surface area contributed by atoms with Gasteiger partial charge in [-0.1, -0.05) is 13.8 Å². The Bertz CT molecular complexity index is 403. The minimum atomic E-state index is 0.228. The summed E-state index contributed by atoms with van der Waals surface area (Å²) in [4.78, 5) is 12.7. The van der Waals surface area contributed by atoms with Crippen molar-refractivity contribution in [3.63, 3.8) is 0 Å². The molecule has 0 bridgehead atoms. The molecule has 3 N–H and O–H groups in total. The van der Waals surface area contributed by atoms with Crippen molar-refractivity contribution in [2.24, 2.45) is 5.92 Å². The fourth-order valence-electron chi connectivity index (χ4n) is 1.67. The van der Waals surface area contributed by atoms with E-state index < -0.39 is 0 Å². The number of nitrogens with zero attached hydrogens (tertiary/aromatic N) is 3. The summed E-state index contributed by atoms with van der Waals surface area (Å²) in [5, 5.41) is 15.2. The lowest BCUT2D eigenvalue weighted by Crippen LogP contribution is -2.12. The van der Waals surface area contributed by atoms with Gasteiger partial charge in [0.15, 0.2) is 0 Å². The second-order valence-corrected chi connectivity index (χ2v) is 5.00. The van der Waals surface area contributed by atoms with E-state index in [4.69, 9.17) is 9.84 Å². The molecule has 0 saturated carbocycles. The molecule has 1 aromatic rings. The van der Waals surface area contributed by atoms with Gasteiger partial charge in [-0.25, -0.2) is 0 Å². The standard InChI is InChI=1S/C14H27N5O2/c1-4-9-21-14-18-12(15-5-2)17-13(19-14)16-8-6-7-11(3)10-20/h11,20H,4-10H2,1-3H3,(H2,15,16,17,18,19). The Morgan fingerprint density at radius 2 is 1.86 bits per heavy atom. The van der Waals surface area contributed by atoms with E-state index in [-0.39, 0.29) is 6.61 Å². The fourth-order valence-corrected chi connectivity index (χ4v) is 1.67. The average molecular weight is 297 g/mol. The van der Waals surface area contributed by atoms with Crippen LogP contribution >= 0.6 is 0 Å². The average Bonchev–Trinajstić information content (AvgIpc) is 2.49. The van der Waals surface area contributed by atoms with Crippen LogP contribution in [0.5, 0.6) is 6.01 Å². The third-order valence-corrected chi connectivity index (χ3v) is 2.85. The van der Waals surface area contributed by atoms with Gasteiger partial charge >= 0.3 is 6.01 Å². The van der Waals surface area contributed by atoms with Gasteiger partial charge in [0.25, 0.3) is 0 Å². The zero-order valence-corrected chi connectivity index (χ0v) is 13.2. The first-order valence-electron chi connectivity index (χ1n) is 7.67. The Balaban J connectivity index is 2.55. The summed E-state index contributed by atoms with van der Waals surface area (Å²) in [5.41, 5.74) is 0. The van der Waals surface area contributed by atoms with Gasteiger partial charge < -0.3 is 20.5 Å². The predicted molar refractivity (Wildman–Crippen MR) is 83.8 cm³/mol. The molecule has 120 valence electrons. The molecule has 0 aliphatic carbocycles. The molecule has 1 heterocycles. The van der Waals surface area contributed by atoms with Crippen molar-refractivity contribution in [1.29, 1.82) is 0 Å². The van der Waals surface area contributed by atoms with Gasteiger partial charge in [0, 0.05) is 19.7 Å². The van der Waals surface area contributed by atoms with Crippen molar-refractivity contribution in [2.45, 2.75) is 40.0 Å². The van der Waals surface area contributed by atoms with Gasteiger partial charge in [-0.05, 0) is 32.1 Å². The molecule has 21 heavy (non-hydrogen) atoms. The molecule has 0 aliphatic heterocycles. The van der Waals surface area contributed by atoms with Crippen LogP contribution in [0.4, 0.5) is 11.9 Å². The minimum absolute atomic E-state index is 0.228. The van der Waals surface area contributed by atoms with Crippen molar-refractivity contribution < 1.29 is 9.84 Å². The molecule has 1 aromatic heterocycles. The molecule has 7 heteroatoms. The molecule has 0 aliphatic rings. The van der Waals surface area contributed by atoms with Crippen molar-refractivity contribution in [2.75, 3.05) is 36.9 Å². The monoisotopic (exact) mass is 297 g/mol. The molecule has 0 radical (unpaired) electrons. The summed E-state index contributed by atoms with van der Waals surface area (Å²) >= 11 is 0. The number of hydrogen-bond donors (Lipinski definition) is 3. The topological polar surface area (TPSA) is 92.2 Å². The molecule has 1 rings (SSSR count). The van der Waals surface area contributed by atoms with Crippen LogP contribution in [0.1, 0.15) is 40.0 Å². The van der Waals surface area contributed by atoms with Crippen LogP contribution in [0.3, 0.4) is 0 Å². The highest BCUT2D eigenvalue weighted by atomic mass is 16.5. The van der Waals surface area contributed by atoms with Crippen LogP contribution in [0.2, 0.25) is 0 Å². The van der Waals surface area contributed by atoms with Crippen LogP contribution in [-0.2, 0) is 0 Å². The van der Waals surface area contributed by atoms with Crippen molar-refractivity contribution >= 4 is 11.9 Å². The second-order valence-electron chi connectivity index (χ2n) is 5.00. The number of rotatable bonds is 11. The van der Waals surface area contributed by atoms with Crippen LogP contribution in [0.25, 0.3) is 0 Å². The fraction of sp³-hybridized carbons (Fsp3) is 0.786. The van der Waals surface area contributed by atoms with Crippen LogP contribution < -0.4 is 15.4 Å². The highest BCUT2D eigenvalue weighted by Crippen LogP contribution is 2.12. The summed E-state index contributed by atoms with van der Waals surface area (Å²) in [5.74, 6) is 1.36. The maximum Gasteiger partial charge on any atom is 0.323 e. The predicted octanol–water partition coefficient (Wildman–Crippen LogP) is 1.91. The van der Waals surface area contributed by atoms with Gasteiger partial charge in [0.1, 0.15) is 0 Å². The van der Waals surface area contributed by atoms with Gasteiger partial charge in [-0.2, -0.15) is 15.0 Å². The first-order valence-corrected chi connectivity index (χ1v) is 7.67. The second kappa shape index (κ2) is 10.1. The maximum absolute atomic E-state index is 8.99. The third-order valence-electron chi connectivity index (χ3n) is 2.85. The highest BCUT2D eigenvalue weighted by Gasteiger charge is 2.07. The first-order chi connectivity index (χ1) is 10.2. The van der Waals surface area contributed by atoms with E-state index in [2.05, 4.69) is 25.6 Å². The van der Waals surface area contributed by atoms with E-state index in [0.29, 0.717) is 30.4 Å². The molecule has 0 fully saturated rings. The summed E-state index contributed by atoms with van der Waals surface area (Å²) < 4.78 is 5.47. The van der Waals surface area contributed by atoms with E-state index >= 15 is 0 Å². The third kappa shape index (κ3) is 7.08. The molecule has 0 amide bonds. The summed E-state index contributed by atoms with van der Waals surface area (Å²) in [6.07, 6.45) is 2.83. The number of aliphatic hydroxyl groups is 1. The lowest BCUT2D eigenvalue weighted by molar-refractivity contribution is 0.229. The van der Waals surface area contributed by atoms with Crippen molar-refractivity contribution in [3.8, 4) is 6.01 Å². The zero-order valence-electron chi connectivity index (χ0n) is 13.2. The van der Waals surface area contributed by atoms with E-state index in [1.807, 2.05) is 20.8 Å². The Morgan fingerprint density at radius 3 is 2.48 bits per heavy atom. The summed E-state index contributed by atoms with van der Waals surface area (Å²) in [7, 11) is 0. The number of nitrogens with one attached hydrogen (secondary N) is 2.